The monoisotopic (exact) mass is 413 g/mol. The van der Waals surface area contributed by atoms with Gasteiger partial charge in [-0.1, -0.05) is 41.9 Å². The lowest BCUT2D eigenvalue weighted by molar-refractivity contribution is -0.136. The SMILES string of the molecule is Cc1cccc(C)c1NC(=O)C(=O)NCCc1csc(-c2ccc(Cl)cc2)n1. The van der Waals surface area contributed by atoms with Crippen molar-refractivity contribution in [3.05, 3.63) is 69.7 Å². The van der Waals surface area contributed by atoms with Gasteiger partial charge in [0.2, 0.25) is 0 Å². The lowest BCUT2D eigenvalue weighted by Gasteiger charge is -2.11. The Hall–Kier alpha value is -2.70. The number of benzene rings is 2. The first kappa shape index (κ1) is 20.0. The van der Waals surface area contributed by atoms with E-state index in [9.17, 15) is 9.59 Å². The third kappa shape index (κ3) is 4.97. The standard InChI is InChI=1S/C21H20ClN3O2S/c1-13-4-3-5-14(2)18(13)25-20(27)19(26)23-11-10-17-12-28-21(24-17)15-6-8-16(22)9-7-15/h3-9,12H,10-11H2,1-2H3,(H,23,26)(H,25,27). The molecule has 0 unspecified atom stereocenters. The molecule has 3 rings (SSSR count). The van der Waals surface area contributed by atoms with Gasteiger partial charge >= 0.3 is 11.8 Å². The molecule has 0 aliphatic rings. The molecule has 0 aliphatic carbocycles. The van der Waals surface area contributed by atoms with Crippen LogP contribution in [-0.2, 0) is 16.0 Å². The molecule has 2 N–H and O–H groups in total. The van der Waals surface area contributed by atoms with E-state index < -0.39 is 11.8 Å². The maximum Gasteiger partial charge on any atom is 0.313 e. The lowest BCUT2D eigenvalue weighted by Crippen LogP contribution is -2.36. The summed E-state index contributed by atoms with van der Waals surface area (Å²) in [6, 6.07) is 13.2. The van der Waals surface area contributed by atoms with E-state index in [2.05, 4.69) is 15.6 Å². The molecule has 144 valence electrons. The molecule has 0 radical (unpaired) electrons. The van der Waals surface area contributed by atoms with Gasteiger partial charge in [0.05, 0.1) is 5.69 Å². The van der Waals surface area contributed by atoms with E-state index in [1.807, 2.05) is 61.7 Å². The normalized spacial score (nSPS) is 10.5. The molecule has 0 spiro atoms. The number of anilines is 1. The van der Waals surface area contributed by atoms with Crippen molar-refractivity contribution in [3.8, 4) is 10.6 Å². The van der Waals surface area contributed by atoms with Gasteiger partial charge in [-0.25, -0.2) is 4.98 Å². The molecule has 0 bridgehead atoms. The number of aryl methyl sites for hydroxylation is 2. The first-order chi connectivity index (χ1) is 13.4. The van der Waals surface area contributed by atoms with Crippen molar-refractivity contribution >= 4 is 40.4 Å². The van der Waals surface area contributed by atoms with Gasteiger partial charge in [0, 0.05) is 34.6 Å². The van der Waals surface area contributed by atoms with Gasteiger partial charge in [-0.3, -0.25) is 9.59 Å². The van der Waals surface area contributed by atoms with Gasteiger partial charge in [-0.2, -0.15) is 0 Å². The summed E-state index contributed by atoms with van der Waals surface area (Å²) < 4.78 is 0. The number of thiazole rings is 1. The quantitative estimate of drug-likeness (QED) is 0.610. The van der Waals surface area contributed by atoms with Crippen LogP contribution in [0.5, 0.6) is 0 Å². The van der Waals surface area contributed by atoms with E-state index in [4.69, 9.17) is 11.6 Å². The maximum absolute atomic E-state index is 12.1. The maximum atomic E-state index is 12.1. The fourth-order valence-electron chi connectivity index (χ4n) is 2.71. The van der Waals surface area contributed by atoms with Crippen molar-refractivity contribution in [3.63, 3.8) is 0 Å². The molecule has 1 aromatic heterocycles. The fourth-order valence-corrected chi connectivity index (χ4v) is 3.70. The highest BCUT2D eigenvalue weighted by molar-refractivity contribution is 7.13. The van der Waals surface area contributed by atoms with Gasteiger partial charge in [-0.05, 0) is 37.1 Å². The number of para-hydroxylation sites is 1. The second-order valence-corrected chi connectivity index (χ2v) is 7.67. The Labute approximate surface area is 172 Å². The van der Waals surface area contributed by atoms with Crippen LogP contribution in [-0.4, -0.2) is 23.3 Å². The summed E-state index contributed by atoms with van der Waals surface area (Å²) in [6.07, 6.45) is 0.548. The molecule has 3 aromatic rings. The van der Waals surface area contributed by atoms with E-state index in [-0.39, 0.29) is 0 Å². The minimum Gasteiger partial charge on any atom is -0.347 e. The largest absolute Gasteiger partial charge is 0.347 e. The number of hydrogen-bond acceptors (Lipinski definition) is 4. The van der Waals surface area contributed by atoms with Crippen molar-refractivity contribution in [2.45, 2.75) is 20.3 Å². The zero-order valence-corrected chi connectivity index (χ0v) is 17.2. The Morgan fingerprint density at radius 3 is 2.39 bits per heavy atom. The molecule has 28 heavy (non-hydrogen) atoms. The van der Waals surface area contributed by atoms with Crippen LogP contribution in [0.25, 0.3) is 10.6 Å². The van der Waals surface area contributed by atoms with Crippen molar-refractivity contribution in [1.82, 2.24) is 10.3 Å². The third-order valence-corrected chi connectivity index (χ3v) is 5.43. The molecule has 7 heteroatoms. The van der Waals surface area contributed by atoms with Gasteiger partial charge < -0.3 is 10.6 Å². The zero-order chi connectivity index (χ0) is 20.1. The summed E-state index contributed by atoms with van der Waals surface area (Å²) in [4.78, 5) is 28.8. The third-order valence-electron chi connectivity index (χ3n) is 4.24. The molecule has 5 nitrogen and oxygen atoms in total. The number of aromatic nitrogens is 1. The molecule has 0 fully saturated rings. The Morgan fingerprint density at radius 1 is 1.04 bits per heavy atom. The van der Waals surface area contributed by atoms with Gasteiger partial charge in [-0.15, -0.1) is 11.3 Å². The molecule has 2 amide bonds. The number of carbonyl (C=O) groups is 2. The molecule has 0 aliphatic heterocycles. The number of hydrogen-bond donors (Lipinski definition) is 2. The summed E-state index contributed by atoms with van der Waals surface area (Å²) in [6.45, 7) is 4.12. The first-order valence-corrected chi connectivity index (χ1v) is 10.1. The average molecular weight is 414 g/mol. The number of halogens is 1. The number of rotatable bonds is 5. The predicted octanol–water partition coefficient (Wildman–Crippen LogP) is 4.38. The highest BCUT2D eigenvalue weighted by Gasteiger charge is 2.15. The van der Waals surface area contributed by atoms with E-state index >= 15 is 0 Å². The van der Waals surface area contributed by atoms with E-state index in [0.717, 1.165) is 27.4 Å². The highest BCUT2D eigenvalue weighted by Crippen LogP contribution is 2.25. The Morgan fingerprint density at radius 2 is 1.71 bits per heavy atom. The fraction of sp³-hybridized carbons (Fsp3) is 0.190. The molecular formula is C21H20ClN3O2S. The van der Waals surface area contributed by atoms with Crippen molar-refractivity contribution in [1.29, 1.82) is 0 Å². The number of amides is 2. The predicted molar refractivity (Wildman–Crippen MR) is 114 cm³/mol. The Bertz CT molecular complexity index is 979. The van der Waals surface area contributed by atoms with Crippen LogP contribution < -0.4 is 10.6 Å². The van der Waals surface area contributed by atoms with Crippen LogP contribution in [0, 0.1) is 13.8 Å². The van der Waals surface area contributed by atoms with E-state index in [0.29, 0.717) is 23.7 Å². The van der Waals surface area contributed by atoms with Gasteiger partial charge in [0.1, 0.15) is 5.01 Å². The summed E-state index contributed by atoms with van der Waals surface area (Å²) >= 11 is 7.44. The number of nitrogens with one attached hydrogen (secondary N) is 2. The minimum atomic E-state index is -0.669. The zero-order valence-electron chi connectivity index (χ0n) is 15.6. The molecule has 0 saturated heterocycles. The number of carbonyl (C=O) groups excluding carboxylic acids is 2. The topological polar surface area (TPSA) is 71.1 Å². The summed E-state index contributed by atoms with van der Waals surface area (Å²) in [5.41, 5.74) is 4.37. The molecule has 0 atom stereocenters. The minimum absolute atomic E-state index is 0.336. The Kier molecular flexibility index (Phi) is 6.44. The Balaban J connectivity index is 1.51. The highest BCUT2D eigenvalue weighted by atomic mass is 35.5. The van der Waals surface area contributed by atoms with Crippen LogP contribution in [0.2, 0.25) is 5.02 Å². The van der Waals surface area contributed by atoms with Crippen LogP contribution in [0.1, 0.15) is 16.8 Å². The molecular weight excluding hydrogens is 394 g/mol. The van der Waals surface area contributed by atoms with Gasteiger partial charge in [0.25, 0.3) is 0 Å². The lowest BCUT2D eigenvalue weighted by atomic mass is 10.1. The second-order valence-electron chi connectivity index (χ2n) is 6.38. The first-order valence-electron chi connectivity index (χ1n) is 8.80. The summed E-state index contributed by atoms with van der Waals surface area (Å²) in [7, 11) is 0. The van der Waals surface area contributed by atoms with E-state index in [1.54, 1.807) is 0 Å². The van der Waals surface area contributed by atoms with Crippen LogP contribution >= 0.6 is 22.9 Å². The van der Waals surface area contributed by atoms with Crippen LogP contribution in [0.3, 0.4) is 0 Å². The van der Waals surface area contributed by atoms with Crippen molar-refractivity contribution in [2.24, 2.45) is 0 Å². The summed E-state index contributed by atoms with van der Waals surface area (Å²) in [5, 5.41) is 8.85. The van der Waals surface area contributed by atoms with Crippen LogP contribution in [0.4, 0.5) is 5.69 Å². The van der Waals surface area contributed by atoms with Crippen LogP contribution in [0.15, 0.2) is 47.8 Å². The molecule has 2 aromatic carbocycles. The summed E-state index contributed by atoms with van der Waals surface area (Å²) in [5.74, 6) is -1.33. The van der Waals surface area contributed by atoms with Crippen molar-refractivity contribution in [2.75, 3.05) is 11.9 Å². The second kappa shape index (κ2) is 8.99. The van der Waals surface area contributed by atoms with E-state index in [1.165, 1.54) is 11.3 Å². The van der Waals surface area contributed by atoms with Crippen molar-refractivity contribution < 1.29 is 9.59 Å². The molecule has 0 saturated carbocycles. The number of nitrogens with zero attached hydrogens (tertiary/aromatic N) is 1. The van der Waals surface area contributed by atoms with Gasteiger partial charge in [0.15, 0.2) is 0 Å². The smallest absolute Gasteiger partial charge is 0.313 e. The molecule has 1 heterocycles. The average Bonchev–Trinajstić information content (AvgIpc) is 3.14.